The highest BCUT2D eigenvalue weighted by Gasteiger charge is 2.66. The van der Waals surface area contributed by atoms with Crippen LogP contribution in [0, 0.1) is 16.7 Å². The van der Waals surface area contributed by atoms with E-state index in [1.54, 1.807) is 0 Å². The molecule has 20 heavy (non-hydrogen) atoms. The van der Waals surface area contributed by atoms with Crippen LogP contribution in [0.4, 0.5) is 0 Å². The first-order valence-electron chi connectivity index (χ1n) is 7.66. The van der Waals surface area contributed by atoms with Crippen molar-refractivity contribution in [2.75, 3.05) is 7.05 Å². The van der Waals surface area contributed by atoms with Gasteiger partial charge in [0.05, 0.1) is 11.8 Å². The number of hydrogen-bond acceptors (Lipinski definition) is 3. The first-order chi connectivity index (χ1) is 9.38. The van der Waals surface area contributed by atoms with Crippen LogP contribution in [0.15, 0.2) is 24.4 Å². The van der Waals surface area contributed by atoms with Gasteiger partial charge in [0.25, 0.3) is 0 Å². The Morgan fingerprint density at radius 3 is 2.65 bits per heavy atom. The van der Waals surface area contributed by atoms with Gasteiger partial charge in [-0.3, -0.25) is 9.88 Å². The fourth-order valence-corrected chi connectivity index (χ4v) is 4.69. The Morgan fingerprint density at radius 2 is 2.10 bits per heavy atom. The number of hydrogen-bond donors (Lipinski definition) is 1. The standard InChI is InChI=1S/C17H26N2O/c1-16(2)13-8-9-17(16,3)15(20)14(13)19(4)11-12-7-5-6-10-18-12/h5-7,10,13-15,20H,8-9,11H2,1-4H3/t13-,14+,15+,17+/m1/s1. The lowest BCUT2D eigenvalue weighted by molar-refractivity contribution is -0.0266. The molecule has 0 aliphatic heterocycles. The molecule has 3 rings (SSSR count). The van der Waals surface area contributed by atoms with Crippen molar-refractivity contribution in [1.29, 1.82) is 0 Å². The molecule has 0 unspecified atom stereocenters. The summed E-state index contributed by atoms with van der Waals surface area (Å²) in [7, 11) is 2.13. The molecule has 1 N–H and O–H groups in total. The molecular weight excluding hydrogens is 248 g/mol. The molecule has 1 aromatic heterocycles. The van der Waals surface area contributed by atoms with E-state index < -0.39 is 0 Å². The minimum Gasteiger partial charge on any atom is -0.391 e. The predicted octanol–water partition coefficient (Wildman–Crippen LogP) is 2.70. The number of aliphatic hydroxyl groups is 1. The minimum absolute atomic E-state index is 0.0563. The van der Waals surface area contributed by atoms with Crippen LogP contribution < -0.4 is 0 Å². The number of aliphatic hydroxyl groups excluding tert-OH is 1. The average molecular weight is 274 g/mol. The molecule has 2 fully saturated rings. The number of pyridine rings is 1. The maximum Gasteiger partial charge on any atom is 0.0756 e. The van der Waals surface area contributed by atoms with Crippen molar-refractivity contribution in [3.05, 3.63) is 30.1 Å². The largest absolute Gasteiger partial charge is 0.391 e. The third-order valence-electron chi connectivity index (χ3n) is 6.41. The van der Waals surface area contributed by atoms with Gasteiger partial charge in [-0.1, -0.05) is 26.8 Å². The molecule has 0 radical (unpaired) electrons. The number of nitrogens with zero attached hydrogens (tertiary/aromatic N) is 2. The fourth-order valence-electron chi connectivity index (χ4n) is 4.69. The third-order valence-corrected chi connectivity index (χ3v) is 6.41. The monoisotopic (exact) mass is 274 g/mol. The molecule has 3 heteroatoms. The van der Waals surface area contributed by atoms with E-state index in [4.69, 9.17) is 0 Å². The van der Waals surface area contributed by atoms with E-state index in [1.165, 1.54) is 6.42 Å². The zero-order valence-electron chi connectivity index (χ0n) is 13.0. The molecule has 3 nitrogen and oxygen atoms in total. The molecule has 0 spiro atoms. The van der Waals surface area contributed by atoms with Gasteiger partial charge < -0.3 is 5.11 Å². The molecule has 2 saturated carbocycles. The minimum atomic E-state index is -0.232. The third kappa shape index (κ3) is 1.76. The highest BCUT2D eigenvalue weighted by atomic mass is 16.3. The molecule has 0 amide bonds. The van der Waals surface area contributed by atoms with Crippen LogP contribution >= 0.6 is 0 Å². The second-order valence-electron chi connectivity index (χ2n) is 7.46. The summed E-state index contributed by atoms with van der Waals surface area (Å²) in [4.78, 5) is 6.72. The van der Waals surface area contributed by atoms with E-state index in [0.29, 0.717) is 5.92 Å². The highest BCUT2D eigenvalue weighted by Crippen LogP contribution is 2.66. The second-order valence-corrected chi connectivity index (χ2v) is 7.46. The zero-order chi connectivity index (χ0) is 14.5. The summed E-state index contributed by atoms with van der Waals surface area (Å²) >= 11 is 0. The van der Waals surface area contributed by atoms with Gasteiger partial charge in [-0.15, -0.1) is 0 Å². The van der Waals surface area contributed by atoms with Crippen molar-refractivity contribution in [3.8, 4) is 0 Å². The summed E-state index contributed by atoms with van der Waals surface area (Å²) < 4.78 is 0. The molecule has 4 atom stereocenters. The van der Waals surface area contributed by atoms with E-state index >= 15 is 0 Å². The van der Waals surface area contributed by atoms with Crippen molar-refractivity contribution in [2.45, 2.75) is 52.3 Å². The number of likely N-dealkylation sites (N-methyl/N-ethyl adjacent to an activating group) is 1. The van der Waals surface area contributed by atoms with Gasteiger partial charge in [0.15, 0.2) is 0 Å². The molecule has 2 aliphatic rings. The number of fused-ring (bicyclic) bond motifs is 2. The Hall–Kier alpha value is -0.930. The van der Waals surface area contributed by atoms with Crippen molar-refractivity contribution >= 4 is 0 Å². The molecule has 0 aromatic carbocycles. The van der Waals surface area contributed by atoms with E-state index in [9.17, 15) is 5.11 Å². The molecule has 2 bridgehead atoms. The van der Waals surface area contributed by atoms with Gasteiger partial charge in [-0.05, 0) is 43.4 Å². The van der Waals surface area contributed by atoms with Gasteiger partial charge in [0.1, 0.15) is 0 Å². The second kappa shape index (κ2) is 4.54. The fraction of sp³-hybridized carbons (Fsp3) is 0.706. The van der Waals surface area contributed by atoms with Crippen LogP contribution in [0.2, 0.25) is 0 Å². The Balaban J connectivity index is 1.82. The lowest BCUT2D eigenvalue weighted by Crippen LogP contribution is -2.47. The Bertz CT molecular complexity index is 487. The molecule has 2 aliphatic carbocycles. The number of aromatic nitrogens is 1. The summed E-state index contributed by atoms with van der Waals surface area (Å²) in [6.07, 6.45) is 3.99. The topological polar surface area (TPSA) is 36.4 Å². The molecular formula is C17H26N2O. The first-order valence-corrected chi connectivity index (χ1v) is 7.66. The van der Waals surface area contributed by atoms with E-state index in [1.807, 2.05) is 18.3 Å². The quantitative estimate of drug-likeness (QED) is 0.920. The van der Waals surface area contributed by atoms with Crippen LogP contribution in [0.1, 0.15) is 39.3 Å². The summed E-state index contributed by atoms with van der Waals surface area (Å²) in [6.45, 7) is 7.75. The summed E-state index contributed by atoms with van der Waals surface area (Å²) in [5.41, 5.74) is 1.35. The zero-order valence-corrected chi connectivity index (χ0v) is 13.0. The van der Waals surface area contributed by atoms with Crippen LogP contribution in [0.25, 0.3) is 0 Å². The van der Waals surface area contributed by atoms with Crippen LogP contribution in [0.5, 0.6) is 0 Å². The molecule has 110 valence electrons. The van der Waals surface area contributed by atoms with E-state index in [-0.39, 0.29) is 23.0 Å². The Labute approximate surface area is 122 Å². The van der Waals surface area contributed by atoms with Crippen LogP contribution in [-0.4, -0.2) is 34.2 Å². The first kappa shape index (κ1) is 14.0. The van der Waals surface area contributed by atoms with Crippen molar-refractivity contribution in [3.63, 3.8) is 0 Å². The van der Waals surface area contributed by atoms with Gasteiger partial charge in [-0.2, -0.15) is 0 Å². The lowest BCUT2D eigenvalue weighted by atomic mass is 9.70. The lowest BCUT2D eigenvalue weighted by Gasteiger charge is -2.39. The van der Waals surface area contributed by atoms with Gasteiger partial charge in [-0.25, -0.2) is 0 Å². The summed E-state index contributed by atoms with van der Waals surface area (Å²) in [5, 5.41) is 10.9. The van der Waals surface area contributed by atoms with Gasteiger partial charge >= 0.3 is 0 Å². The van der Waals surface area contributed by atoms with Gasteiger partial charge in [0, 0.05) is 24.2 Å². The highest BCUT2D eigenvalue weighted by molar-refractivity contribution is 5.17. The summed E-state index contributed by atoms with van der Waals surface area (Å²) in [6, 6.07) is 6.28. The summed E-state index contributed by atoms with van der Waals surface area (Å²) in [5.74, 6) is 0.580. The van der Waals surface area contributed by atoms with Crippen LogP contribution in [-0.2, 0) is 6.54 Å². The van der Waals surface area contributed by atoms with Gasteiger partial charge in [0.2, 0.25) is 0 Å². The smallest absolute Gasteiger partial charge is 0.0756 e. The van der Waals surface area contributed by atoms with Crippen molar-refractivity contribution in [1.82, 2.24) is 9.88 Å². The Morgan fingerprint density at radius 1 is 1.35 bits per heavy atom. The molecule has 1 heterocycles. The van der Waals surface area contributed by atoms with Crippen molar-refractivity contribution in [2.24, 2.45) is 16.7 Å². The normalized spacial score (nSPS) is 38.6. The van der Waals surface area contributed by atoms with E-state index in [2.05, 4.69) is 43.8 Å². The molecule has 1 aromatic rings. The maximum absolute atomic E-state index is 10.9. The SMILES string of the molecule is CN(Cc1ccccn1)[C@H]1[C@H]2CC[C@@](C)([C@H]1O)C2(C)C. The Kier molecular flexibility index (Phi) is 3.18. The van der Waals surface area contributed by atoms with Crippen LogP contribution in [0.3, 0.4) is 0 Å². The predicted molar refractivity (Wildman–Crippen MR) is 80.1 cm³/mol. The van der Waals surface area contributed by atoms with Crippen molar-refractivity contribution < 1.29 is 5.11 Å². The van der Waals surface area contributed by atoms with E-state index in [0.717, 1.165) is 18.7 Å². The maximum atomic E-state index is 10.9. The average Bonchev–Trinajstić information content (AvgIpc) is 2.72. The number of rotatable bonds is 3. The molecule has 0 saturated heterocycles.